The first-order valence-corrected chi connectivity index (χ1v) is 6.46. The van der Waals surface area contributed by atoms with Crippen LogP contribution in [0.15, 0.2) is 30.3 Å². The molecule has 1 unspecified atom stereocenters. The van der Waals surface area contributed by atoms with E-state index >= 15 is 0 Å². The zero-order chi connectivity index (χ0) is 15.7. The number of hydrogen-bond donors (Lipinski definition) is 1. The molecule has 6 heteroatoms. The highest BCUT2D eigenvalue weighted by Gasteiger charge is 2.26. The molecular formula is C15H18O6. The number of carboxylic acids is 1. The van der Waals surface area contributed by atoms with Gasteiger partial charge in [0.05, 0.1) is 12.3 Å². The molecule has 0 aliphatic rings. The number of carbonyl (C=O) groups is 3. The molecule has 0 spiro atoms. The number of methoxy groups -OCH3 is 1. The van der Waals surface area contributed by atoms with Crippen molar-refractivity contribution in [2.45, 2.75) is 19.4 Å². The van der Waals surface area contributed by atoms with Crippen LogP contribution in [0.2, 0.25) is 0 Å². The minimum Gasteiger partial charge on any atom is -0.481 e. The molecule has 0 amide bonds. The fourth-order valence-corrected chi connectivity index (χ4v) is 1.79. The van der Waals surface area contributed by atoms with Crippen LogP contribution in [-0.4, -0.2) is 36.5 Å². The lowest BCUT2D eigenvalue weighted by Gasteiger charge is -2.13. The normalized spacial score (nSPS) is 11.7. The van der Waals surface area contributed by atoms with Gasteiger partial charge >= 0.3 is 11.9 Å². The summed E-state index contributed by atoms with van der Waals surface area (Å²) in [6, 6.07) is 9.02. The van der Waals surface area contributed by atoms with Gasteiger partial charge in [0, 0.05) is 13.5 Å². The maximum absolute atomic E-state index is 11.9. The predicted molar refractivity (Wildman–Crippen MR) is 73.5 cm³/mol. The Morgan fingerprint density at radius 2 is 1.81 bits per heavy atom. The van der Waals surface area contributed by atoms with Crippen LogP contribution in [-0.2, 0) is 30.5 Å². The molecule has 1 aromatic carbocycles. The van der Waals surface area contributed by atoms with Crippen LogP contribution in [0.5, 0.6) is 0 Å². The van der Waals surface area contributed by atoms with Crippen molar-refractivity contribution >= 4 is 17.7 Å². The minimum absolute atomic E-state index is 0.0499. The van der Waals surface area contributed by atoms with Crippen LogP contribution in [0.1, 0.15) is 18.4 Å². The largest absolute Gasteiger partial charge is 0.481 e. The first-order chi connectivity index (χ1) is 10.0. The number of carboxylic acid groups (broad SMARTS) is 1. The van der Waals surface area contributed by atoms with E-state index in [2.05, 4.69) is 4.74 Å². The highest BCUT2D eigenvalue weighted by molar-refractivity contribution is 5.87. The Labute approximate surface area is 122 Å². The molecule has 1 N–H and O–H groups in total. The number of Topliss-reactive ketones (excluding diaryl/α,β-unsaturated/α-hetero) is 1. The maximum Gasteiger partial charge on any atom is 0.310 e. The van der Waals surface area contributed by atoms with Gasteiger partial charge in [-0.25, -0.2) is 0 Å². The molecule has 0 radical (unpaired) electrons. The van der Waals surface area contributed by atoms with Gasteiger partial charge in [0.15, 0.2) is 5.78 Å². The van der Waals surface area contributed by atoms with E-state index in [1.54, 1.807) is 24.3 Å². The highest BCUT2D eigenvalue weighted by atomic mass is 16.5. The molecule has 0 aliphatic heterocycles. The number of esters is 1. The second kappa shape index (κ2) is 8.86. The SMILES string of the molecule is COCC(=O)CC(CC(=O)O)C(=O)OCc1ccccc1. The average molecular weight is 294 g/mol. The van der Waals surface area contributed by atoms with Crippen LogP contribution in [0, 0.1) is 5.92 Å². The molecule has 0 bridgehead atoms. The first kappa shape index (κ1) is 16.8. The molecule has 0 heterocycles. The maximum atomic E-state index is 11.9. The summed E-state index contributed by atoms with van der Waals surface area (Å²) in [6.45, 7) is -0.101. The molecule has 0 saturated carbocycles. The molecule has 0 aromatic heterocycles. The summed E-state index contributed by atoms with van der Waals surface area (Å²) in [5.74, 6) is -3.16. The van der Waals surface area contributed by atoms with Gasteiger partial charge in [0.2, 0.25) is 0 Å². The van der Waals surface area contributed by atoms with Crippen LogP contribution in [0.3, 0.4) is 0 Å². The van der Waals surface area contributed by atoms with Crippen molar-refractivity contribution in [2.24, 2.45) is 5.92 Å². The zero-order valence-corrected chi connectivity index (χ0v) is 11.8. The van der Waals surface area contributed by atoms with E-state index in [9.17, 15) is 14.4 Å². The second-order valence-electron chi connectivity index (χ2n) is 4.56. The van der Waals surface area contributed by atoms with Gasteiger partial charge in [-0.3, -0.25) is 14.4 Å². The molecule has 6 nitrogen and oxygen atoms in total. The van der Waals surface area contributed by atoms with Gasteiger partial charge in [-0.1, -0.05) is 30.3 Å². The third-order valence-corrected chi connectivity index (χ3v) is 2.76. The van der Waals surface area contributed by atoms with Crippen molar-refractivity contribution < 1.29 is 29.0 Å². The van der Waals surface area contributed by atoms with Crippen LogP contribution >= 0.6 is 0 Å². The Bertz CT molecular complexity index is 482. The molecule has 21 heavy (non-hydrogen) atoms. The molecule has 1 aromatic rings. The van der Waals surface area contributed by atoms with Crippen molar-refractivity contribution in [1.82, 2.24) is 0 Å². The van der Waals surface area contributed by atoms with Crippen LogP contribution in [0.25, 0.3) is 0 Å². The van der Waals surface area contributed by atoms with E-state index in [0.29, 0.717) is 0 Å². The van der Waals surface area contributed by atoms with E-state index in [1.807, 2.05) is 6.07 Å². The highest BCUT2D eigenvalue weighted by Crippen LogP contribution is 2.14. The lowest BCUT2D eigenvalue weighted by atomic mass is 9.99. The van der Waals surface area contributed by atoms with Gasteiger partial charge in [-0.05, 0) is 5.56 Å². The molecule has 114 valence electrons. The summed E-state index contributed by atoms with van der Waals surface area (Å²) in [5, 5.41) is 8.81. The topological polar surface area (TPSA) is 89.9 Å². The third-order valence-electron chi connectivity index (χ3n) is 2.76. The Morgan fingerprint density at radius 3 is 2.38 bits per heavy atom. The summed E-state index contributed by atoms with van der Waals surface area (Å²) >= 11 is 0. The molecule has 0 saturated heterocycles. The molecule has 1 atom stereocenters. The number of ketones is 1. The smallest absolute Gasteiger partial charge is 0.310 e. The van der Waals surface area contributed by atoms with Crippen molar-refractivity contribution in [3.05, 3.63) is 35.9 Å². The number of benzene rings is 1. The first-order valence-electron chi connectivity index (χ1n) is 6.46. The van der Waals surface area contributed by atoms with E-state index in [0.717, 1.165) is 5.56 Å². The number of rotatable bonds is 9. The van der Waals surface area contributed by atoms with Crippen LogP contribution < -0.4 is 0 Å². The van der Waals surface area contributed by atoms with Gasteiger partial charge in [0.1, 0.15) is 13.2 Å². The summed E-state index contributed by atoms with van der Waals surface area (Å²) in [5.41, 5.74) is 0.795. The quantitative estimate of drug-likeness (QED) is 0.693. The molecular weight excluding hydrogens is 276 g/mol. The fourth-order valence-electron chi connectivity index (χ4n) is 1.79. The predicted octanol–water partition coefficient (Wildman–Crippen LogP) is 1.43. The zero-order valence-electron chi connectivity index (χ0n) is 11.8. The number of ether oxygens (including phenoxy) is 2. The van der Waals surface area contributed by atoms with Crippen LogP contribution in [0.4, 0.5) is 0 Å². The summed E-state index contributed by atoms with van der Waals surface area (Å²) in [4.78, 5) is 34.2. The Hall–Kier alpha value is -2.21. The van der Waals surface area contributed by atoms with E-state index in [-0.39, 0.29) is 25.4 Å². The lowest BCUT2D eigenvalue weighted by molar-refractivity contribution is -0.155. The molecule has 1 rings (SSSR count). The number of aliphatic carboxylic acids is 1. The van der Waals surface area contributed by atoms with Crippen molar-refractivity contribution in [2.75, 3.05) is 13.7 Å². The standard InChI is InChI=1S/C15H18O6/c1-20-10-13(16)7-12(8-14(17)18)15(19)21-9-11-5-3-2-4-6-11/h2-6,12H,7-10H2,1H3,(H,17,18). The molecule has 0 aliphatic carbocycles. The van der Waals surface area contributed by atoms with E-state index in [1.165, 1.54) is 7.11 Å². The monoisotopic (exact) mass is 294 g/mol. The van der Waals surface area contributed by atoms with Gasteiger partial charge in [0.25, 0.3) is 0 Å². The van der Waals surface area contributed by atoms with E-state index in [4.69, 9.17) is 9.84 Å². The Morgan fingerprint density at radius 1 is 1.14 bits per heavy atom. The van der Waals surface area contributed by atoms with Gasteiger partial charge in [-0.15, -0.1) is 0 Å². The summed E-state index contributed by atoms with van der Waals surface area (Å²) < 4.78 is 9.74. The Kier molecular flexibility index (Phi) is 7.11. The Balaban J connectivity index is 2.58. The average Bonchev–Trinajstić information content (AvgIpc) is 2.45. The third kappa shape index (κ3) is 6.67. The van der Waals surface area contributed by atoms with Crippen molar-refractivity contribution in [3.63, 3.8) is 0 Å². The summed E-state index contributed by atoms with van der Waals surface area (Å²) in [7, 11) is 1.36. The fraction of sp³-hybridized carbons (Fsp3) is 0.400. The van der Waals surface area contributed by atoms with E-state index < -0.39 is 24.3 Å². The van der Waals surface area contributed by atoms with Crippen molar-refractivity contribution in [3.8, 4) is 0 Å². The minimum atomic E-state index is -1.15. The number of hydrogen-bond acceptors (Lipinski definition) is 5. The lowest BCUT2D eigenvalue weighted by Crippen LogP contribution is -2.25. The van der Waals surface area contributed by atoms with Gasteiger partial charge in [-0.2, -0.15) is 0 Å². The number of carbonyl (C=O) groups excluding carboxylic acids is 2. The summed E-state index contributed by atoms with van der Waals surface area (Å²) in [6.07, 6.45) is -0.642. The van der Waals surface area contributed by atoms with Crippen molar-refractivity contribution in [1.29, 1.82) is 0 Å². The van der Waals surface area contributed by atoms with Gasteiger partial charge < -0.3 is 14.6 Å². The second-order valence-corrected chi connectivity index (χ2v) is 4.56. The molecule has 0 fully saturated rings.